The Bertz CT molecular complexity index is 707. The van der Waals surface area contributed by atoms with E-state index in [1.54, 1.807) is 0 Å². The fraction of sp³-hybridized carbons (Fsp3) is 0.368. The van der Waals surface area contributed by atoms with Gasteiger partial charge >= 0.3 is 0 Å². The van der Waals surface area contributed by atoms with E-state index in [0.29, 0.717) is 11.7 Å². The van der Waals surface area contributed by atoms with Gasteiger partial charge in [-0.1, -0.05) is 34.2 Å². The summed E-state index contributed by atoms with van der Waals surface area (Å²) in [6.07, 6.45) is 3.94. The van der Waals surface area contributed by atoms with Gasteiger partial charge in [-0.05, 0) is 68.9 Å². The minimum absolute atomic E-state index is 0.0636. The first-order chi connectivity index (χ1) is 11.4. The highest BCUT2D eigenvalue weighted by atomic mass is 79.9. The number of benzene rings is 1. The lowest BCUT2D eigenvalue weighted by Gasteiger charge is -2.22. The van der Waals surface area contributed by atoms with Crippen molar-refractivity contribution >= 4 is 27.5 Å². The van der Waals surface area contributed by atoms with Gasteiger partial charge in [0.05, 0.1) is 5.71 Å². The van der Waals surface area contributed by atoms with Crippen LogP contribution in [-0.4, -0.2) is 18.2 Å². The van der Waals surface area contributed by atoms with E-state index in [0.717, 1.165) is 39.7 Å². The minimum Gasteiger partial charge on any atom is -0.483 e. The van der Waals surface area contributed by atoms with Gasteiger partial charge < -0.3 is 4.74 Å². The van der Waals surface area contributed by atoms with E-state index in [-0.39, 0.29) is 12.5 Å². The van der Waals surface area contributed by atoms with Gasteiger partial charge in [-0.3, -0.25) is 4.79 Å². The Morgan fingerprint density at radius 1 is 1.46 bits per heavy atom. The van der Waals surface area contributed by atoms with Crippen molar-refractivity contribution in [3.05, 3.63) is 52.0 Å². The quantitative estimate of drug-likeness (QED) is 0.592. The molecule has 0 aromatic heterocycles. The molecule has 1 aromatic carbocycles. The highest BCUT2D eigenvalue weighted by molar-refractivity contribution is 9.10. The van der Waals surface area contributed by atoms with Crippen LogP contribution >= 0.6 is 15.9 Å². The van der Waals surface area contributed by atoms with Gasteiger partial charge in [-0.25, -0.2) is 5.43 Å². The molecule has 1 aromatic rings. The maximum Gasteiger partial charge on any atom is 0.277 e. The Morgan fingerprint density at radius 2 is 2.21 bits per heavy atom. The number of hydrogen-bond acceptors (Lipinski definition) is 3. The molecule has 0 saturated heterocycles. The summed E-state index contributed by atoms with van der Waals surface area (Å²) in [6.45, 7) is 9.94. The third-order valence-corrected chi connectivity index (χ3v) is 4.60. The summed E-state index contributed by atoms with van der Waals surface area (Å²) in [6, 6.07) is 5.67. The molecule has 0 radical (unpaired) electrons. The summed E-state index contributed by atoms with van der Waals surface area (Å²) >= 11 is 3.40. The first-order valence-electron chi connectivity index (χ1n) is 7.93. The second-order valence-corrected chi connectivity index (χ2v) is 7.08. The minimum atomic E-state index is -0.268. The highest BCUT2D eigenvalue weighted by Gasteiger charge is 2.18. The number of carbonyl (C=O) groups excluding carboxylic acids is 1. The van der Waals surface area contributed by atoms with Crippen molar-refractivity contribution in [1.82, 2.24) is 5.43 Å². The van der Waals surface area contributed by atoms with E-state index < -0.39 is 0 Å². The normalized spacial score (nSPS) is 18.9. The lowest BCUT2D eigenvalue weighted by Crippen LogP contribution is -2.27. The van der Waals surface area contributed by atoms with Crippen LogP contribution in [0.15, 0.2) is 51.6 Å². The van der Waals surface area contributed by atoms with Gasteiger partial charge in [0.2, 0.25) is 0 Å². The zero-order valence-corrected chi connectivity index (χ0v) is 15.9. The first kappa shape index (κ1) is 18.5. The Balaban J connectivity index is 1.91. The lowest BCUT2D eigenvalue weighted by atomic mass is 9.85. The van der Waals surface area contributed by atoms with Crippen molar-refractivity contribution < 1.29 is 9.53 Å². The molecule has 0 spiro atoms. The topological polar surface area (TPSA) is 50.7 Å². The number of halogens is 1. The highest BCUT2D eigenvalue weighted by Crippen LogP contribution is 2.26. The van der Waals surface area contributed by atoms with Gasteiger partial charge in [0.25, 0.3) is 5.91 Å². The number of nitrogens with one attached hydrogen (secondary N) is 1. The van der Waals surface area contributed by atoms with Crippen molar-refractivity contribution in [1.29, 1.82) is 0 Å². The summed E-state index contributed by atoms with van der Waals surface area (Å²) in [4.78, 5) is 12.0. The Kier molecular flexibility index (Phi) is 6.37. The van der Waals surface area contributed by atoms with Crippen molar-refractivity contribution in [2.24, 2.45) is 11.0 Å². The third-order valence-electron chi connectivity index (χ3n) is 4.11. The number of amides is 1. The molecule has 1 amide bonds. The molecule has 0 heterocycles. The molecule has 0 aliphatic heterocycles. The molecular weight excluding hydrogens is 368 g/mol. The van der Waals surface area contributed by atoms with Crippen LogP contribution in [0, 0.1) is 12.8 Å². The van der Waals surface area contributed by atoms with Crippen molar-refractivity contribution in [2.45, 2.75) is 33.6 Å². The second kappa shape index (κ2) is 8.29. The van der Waals surface area contributed by atoms with Crippen LogP contribution in [0.25, 0.3) is 0 Å². The molecule has 1 aliphatic rings. The lowest BCUT2D eigenvalue weighted by molar-refractivity contribution is -0.123. The summed E-state index contributed by atoms with van der Waals surface area (Å²) in [5.41, 5.74) is 6.72. The standard InChI is InChI=1S/C19H23BrN2O2/c1-12(2)15-6-5-13(3)17(10-15)21-22-19(23)11-24-18-8-7-16(20)9-14(18)4/h5,7-9,15H,1,6,10-11H2,2-4H3,(H,22,23)/b21-17-/t15-/m1/s1. The molecule has 24 heavy (non-hydrogen) atoms. The number of hydrogen-bond donors (Lipinski definition) is 1. The number of allylic oxidation sites excluding steroid dienone is 3. The van der Waals surface area contributed by atoms with Crippen LogP contribution in [-0.2, 0) is 4.79 Å². The molecule has 1 N–H and O–H groups in total. The molecule has 1 atom stereocenters. The van der Waals surface area contributed by atoms with Crippen LogP contribution in [0.2, 0.25) is 0 Å². The van der Waals surface area contributed by atoms with Gasteiger partial charge in [-0.15, -0.1) is 0 Å². The fourth-order valence-corrected chi connectivity index (χ4v) is 2.98. The van der Waals surface area contributed by atoms with Crippen LogP contribution in [0.1, 0.15) is 32.3 Å². The fourth-order valence-electron chi connectivity index (χ4n) is 2.50. The molecule has 2 rings (SSSR count). The zero-order chi connectivity index (χ0) is 17.7. The van der Waals surface area contributed by atoms with Gasteiger partial charge in [-0.2, -0.15) is 5.10 Å². The number of nitrogens with zero attached hydrogens (tertiary/aromatic N) is 1. The second-order valence-electron chi connectivity index (χ2n) is 6.16. The molecule has 128 valence electrons. The van der Waals surface area contributed by atoms with Gasteiger partial charge in [0.15, 0.2) is 6.61 Å². The molecule has 5 heteroatoms. The molecule has 4 nitrogen and oxygen atoms in total. The smallest absolute Gasteiger partial charge is 0.277 e. The van der Waals surface area contributed by atoms with Gasteiger partial charge in [0, 0.05) is 4.47 Å². The molecular formula is C19H23BrN2O2. The number of rotatable bonds is 5. The average Bonchev–Trinajstić information content (AvgIpc) is 2.53. The first-order valence-corrected chi connectivity index (χ1v) is 8.73. The Hall–Kier alpha value is -1.88. The van der Waals surface area contributed by atoms with Crippen molar-refractivity contribution in [2.75, 3.05) is 6.61 Å². The molecule has 1 aliphatic carbocycles. The summed E-state index contributed by atoms with van der Waals surface area (Å²) in [5, 5.41) is 4.27. The van der Waals surface area contributed by atoms with E-state index in [1.807, 2.05) is 39.0 Å². The SMILES string of the molecule is C=C(C)[C@@H]1CC=C(C)/C(=N\NC(=O)COc2ccc(Br)cc2C)C1. The van der Waals surface area contributed by atoms with Gasteiger partial charge in [0.1, 0.15) is 5.75 Å². The van der Waals surface area contributed by atoms with E-state index in [1.165, 1.54) is 0 Å². The Labute approximate surface area is 151 Å². The molecule has 0 bridgehead atoms. The van der Waals surface area contributed by atoms with E-state index in [2.05, 4.69) is 39.1 Å². The number of carbonyl (C=O) groups is 1. The molecule has 0 fully saturated rings. The zero-order valence-electron chi connectivity index (χ0n) is 14.4. The van der Waals surface area contributed by atoms with E-state index in [4.69, 9.17) is 4.74 Å². The monoisotopic (exact) mass is 390 g/mol. The van der Waals surface area contributed by atoms with Crippen molar-refractivity contribution in [3.63, 3.8) is 0 Å². The van der Waals surface area contributed by atoms with E-state index >= 15 is 0 Å². The number of hydrazone groups is 1. The summed E-state index contributed by atoms with van der Waals surface area (Å²) in [5.74, 6) is 0.818. The average molecular weight is 391 g/mol. The predicted molar refractivity (Wildman–Crippen MR) is 101 cm³/mol. The largest absolute Gasteiger partial charge is 0.483 e. The number of ether oxygens (including phenoxy) is 1. The van der Waals surface area contributed by atoms with Crippen LogP contribution in [0.5, 0.6) is 5.75 Å². The third kappa shape index (κ3) is 5.06. The van der Waals surface area contributed by atoms with Crippen LogP contribution < -0.4 is 10.2 Å². The molecule has 0 unspecified atom stereocenters. The van der Waals surface area contributed by atoms with E-state index in [9.17, 15) is 4.79 Å². The van der Waals surface area contributed by atoms with Crippen LogP contribution in [0.4, 0.5) is 0 Å². The number of aryl methyl sites for hydroxylation is 1. The van der Waals surface area contributed by atoms with Crippen molar-refractivity contribution in [3.8, 4) is 5.75 Å². The summed E-state index contributed by atoms with van der Waals surface area (Å²) < 4.78 is 6.53. The maximum absolute atomic E-state index is 12.0. The summed E-state index contributed by atoms with van der Waals surface area (Å²) in [7, 11) is 0. The predicted octanol–water partition coefficient (Wildman–Crippen LogP) is 4.54. The molecule has 0 saturated carbocycles. The Morgan fingerprint density at radius 3 is 2.88 bits per heavy atom. The van der Waals surface area contributed by atoms with Crippen LogP contribution in [0.3, 0.4) is 0 Å². The maximum atomic E-state index is 12.0.